The van der Waals surface area contributed by atoms with Crippen LogP contribution in [0.3, 0.4) is 0 Å². The number of hydrogen-bond acceptors (Lipinski definition) is 2. The first-order chi connectivity index (χ1) is 12.3. The summed E-state index contributed by atoms with van der Waals surface area (Å²) in [5, 5.41) is 2.21. The summed E-state index contributed by atoms with van der Waals surface area (Å²) < 4.78 is 5.01. The van der Waals surface area contributed by atoms with Crippen LogP contribution in [0.1, 0.15) is 12.5 Å². The maximum absolute atomic E-state index is 11.8. The number of rotatable bonds is 4. The van der Waals surface area contributed by atoms with Crippen molar-refractivity contribution in [2.75, 3.05) is 6.61 Å². The fraction of sp³-hybridized carbons (Fsp3) is 0.0952. The van der Waals surface area contributed by atoms with E-state index in [-0.39, 0.29) is 5.97 Å². The van der Waals surface area contributed by atoms with Crippen molar-refractivity contribution < 1.29 is 9.53 Å². The lowest BCUT2D eigenvalue weighted by Gasteiger charge is -2.00. The van der Waals surface area contributed by atoms with Gasteiger partial charge < -0.3 is 14.7 Å². The number of H-pyrrole nitrogens is 2. The number of carbonyl (C=O) groups is 1. The molecule has 0 saturated carbocycles. The Balaban J connectivity index is 1.91. The van der Waals surface area contributed by atoms with Gasteiger partial charge in [0.05, 0.1) is 12.3 Å². The average Bonchev–Trinajstić information content (AvgIpc) is 3.21. The topological polar surface area (TPSA) is 57.9 Å². The van der Waals surface area contributed by atoms with Gasteiger partial charge in [-0.3, -0.25) is 0 Å². The molecule has 0 radical (unpaired) electrons. The predicted molar refractivity (Wildman–Crippen MR) is 101 cm³/mol. The lowest BCUT2D eigenvalue weighted by atomic mass is 10.0. The quantitative estimate of drug-likeness (QED) is 0.413. The van der Waals surface area contributed by atoms with Crippen LogP contribution in [-0.4, -0.2) is 22.5 Å². The van der Waals surface area contributed by atoms with E-state index in [4.69, 9.17) is 4.74 Å². The Kier molecular flexibility index (Phi) is 3.86. The highest BCUT2D eigenvalue weighted by atomic mass is 16.5. The summed E-state index contributed by atoms with van der Waals surface area (Å²) in [6.45, 7) is 2.17. The minimum absolute atomic E-state index is 0.336. The van der Waals surface area contributed by atoms with Crippen molar-refractivity contribution in [3.63, 3.8) is 0 Å². The minimum Gasteiger partial charge on any atom is -0.463 e. The molecule has 2 aromatic carbocycles. The summed E-state index contributed by atoms with van der Waals surface area (Å²) in [5.74, 6) is -0.336. The molecule has 4 nitrogen and oxygen atoms in total. The molecule has 0 bridgehead atoms. The van der Waals surface area contributed by atoms with Gasteiger partial charge >= 0.3 is 5.97 Å². The zero-order valence-corrected chi connectivity index (χ0v) is 13.9. The summed E-state index contributed by atoms with van der Waals surface area (Å²) in [7, 11) is 0. The Morgan fingerprint density at radius 3 is 2.56 bits per heavy atom. The number of carbonyl (C=O) groups excluding carboxylic acids is 1. The summed E-state index contributed by atoms with van der Waals surface area (Å²) in [6.07, 6.45) is 5.31. The van der Waals surface area contributed by atoms with Crippen LogP contribution in [0.5, 0.6) is 0 Å². The third kappa shape index (κ3) is 2.72. The normalized spacial score (nSPS) is 11.6. The number of para-hydroxylation sites is 2. The Labute approximate surface area is 145 Å². The maximum Gasteiger partial charge on any atom is 0.330 e. The minimum atomic E-state index is -0.336. The van der Waals surface area contributed by atoms with Crippen LogP contribution in [0, 0.1) is 0 Å². The van der Waals surface area contributed by atoms with Crippen LogP contribution in [0.4, 0.5) is 0 Å². The molecule has 0 aliphatic carbocycles. The molecule has 4 aromatic rings. The van der Waals surface area contributed by atoms with Crippen molar-refractivity contribution in [3.05, 3.63) is 66.4 Å². The Morgan fingerprint density at radius 2 is 1.76 bits per heavy atom. The molecule has 2 aromatic heterocycles. The first-order valence-electron chi connectivity index (χ1n) is 8.30. The van der Waals surface area contributed by atoms with Gasteiger partial charge in [-0.1, -0.05) is 36.4 Å². The molecule has 2 heterocycles. The number of fused-ring (bicyclic) bond motifs is 2. The molecular formula is C21H18N2O2. The number of ether oxygens (including phenoxy) is 1. The van der Waals surface area contributed by atoms with E-state index in [0.29, 0.717) is 6.61 Å². The molecule has 25 heavy (non-hydrogen) atoms. The van der Waals surface area contributed by atoms with Gasteiger partial charge in [0.1, 0.15) is 0 Å². The number of esters is 1. The summed E-state index contributed by atoms with van der Waals surface area (Å²) >= 11 is 0. The summed E-state index contributed by atoms with van der Waals surface area (Å²) in [4.78, 5) is 18.6. The van der Waals surface area contributed by atoms with Gasteiger partial charge in [-0.05, 0) is 25.1 Å². The molecule has 0 spiro atoms. The first-order valence-corrected chi connectivity index (χ1v) is 8.30. The second kappa shape index (κ2) is 6.32. The molecule has 4 rings (SSSR count). The van der Waals surface area contributed by atoms with Crippen molar-refractivity contribution in [1.29, 1.82) is 0 Å². The lowest BCUT2D eigenvalue weighted by Crippen LogP contribution is -1.98. The highest BCUT2D eigenvalue weighted by Crippen LogP contribution is 2.35. The van der Waals surface area contributed by atoms with Crippen molar-refractivity contribution >= 4 is 33.9 Å². The second-order valence-corrected chi connectivity index (χ2v) is 5.79. The molecule has 0 unspecified atom stereocenters. The van der Waals surface area contributed by atoms with Crippen LogP contribution in [0.2, 0.25) is 0 Å². The SMILES string of the molecule is CCOC(=O)/C=C/c1c(-c2c[nH]c3ccccc23)[nH]c2ccccc12. The third-order valence-electron chi connectivity index (χ3n) is 4.28. The van der Waals surface area contributed by atoms with E-state index in [9.17, 15) is 4.79 Å². The van der Waals surface area contributed by atoms with Crippen LogP contribution in [-0.2, 0) is 9.53 Å². The van der Waals surface area contributed by atoms with Gasteiger partial charge in [0.2, 0.25) is 0 Å². The van der Waals surface area contributed by atoms with E-state index < -0.39 is 0 Å². The van der Waals surface area contributed by atoms with E-state index in [0.717, 1.165) is 38.6 Å². The Bertz CT molecular complexity index is 1090. The fourth-order valence-corrected chi connectivity index (χ4v) is 3.17. The van der Waals surface area contributed by atoms with Crippen molar-refractivity contribution in [2.45, 2.75) is 6.92 Å². The van der Waals surface area contributed by atoms with Crippen molar-refractivity contribution in [2.24, 2.45) is 0 Å². The van der Waals surface area contributed by atoms with Gasteiger partial charge in [-0.2, -0.15) is 0 Å². The van der Waals surface area contributed by atoms with Crippen molar-refractivity contribution in [1.82, 2.24) is 9.97 Å². The Hall–Kier alpha value is -3.27. The lowest BCUT2D eigenvalue weighted by molar-refractivity contribution is -0.137. The molecule has 0 fully saturated rings. The van der Waals surface area contributed by atoms with Crippen LogP contribution in [0.15, 0.2) is 60.8 Å². The van der Waals surface area contributed by atoms with E-state index >= 15 is 0 Å². The van der Waals surface area contributed by atoms with E-state index in [1.807, 2.05) is 42.6 Å². The predicted octanol–water partition coefficient (Wildman–Crippen LogP) is 4.89. The molecular weight excluding hydrogens is 312 g/mol. The molecule has 124 valence electrons. The largest absolute Gasteiger partial charge is 0.463 e. The molecule has 0 atom stereocenters. The van der Waals surface area contributed by atoms with E-state index in [1.54, 1.807) is 6.92 Å². The number of nitrogens with one attached hydrogen (secondary N) is 2. The molecule has 0 aliphatic heterocycles. The number of aromatic nitrogens is 2. The van der Waals surface area contributed by atoms with E-state index in [2.05, 4.69) is 28.2 Å². The van der Waals surface area contributed by atoms with Gasteiger partial charge in [0.15, 0.2) is 0 Å². The molecule has 0 saturated heterocycles. The van der Waals surface area contributed by atoms with Gasteiger partial charge in [0, 0.05) is 45.2 Å². The highest BCUT2D eigenvalue weighted by Gasteiger charge is 2.14. The van der Waals surface area contributed by atoms with Crippen LogP contribution in [0.25, 0.3) is 39.1 Å². The van der Waals surface area contributed by atoms with Crippen LogP contribution >= 0.6 is 0 Å². The van der Waals surface area contributed by atoms with Crippen molar-refractivity contribution in [3.8, 4) is 11.3 Å². The van der Waals surface area contributed by atoms with Crippen LogP contribution < -0.4 is 0 Å². The smallest absolute Gasteiger partial charge is 0.330 e. The standard InChI is InChI=1S/C21H18N2O2/c1-2-25-20(24)12-11-16-14-7-4-6-10-19(14)23-21(16)17-13-22-18-9-5-3-8-15(17)18/h3-13,22-23H,2H2,1H3/b12-11+. The number of aromatic amines is 2. The highest BCUT2D eigenvalue weighted by molar-refractivity contribution is 6.04. The average molecular weight is 330 g/mol. The van der Waals surface area contributed by atoms with Gasteiger partial charge in [0.25, 0.3) is 0 Å². The van der Waals surface area contributed by atoms with Gasteiger partial charge in [-0.25, -0.2) is 4.79 Å². The van der Waals surface area contributed by atoms with Gasteiger partial charge in [-0.15, -0.1) is 0 Å². The summed E-state index contributed by atoms with van der Waals surface area (Å²) in [5.41, 5.74) is 5.16. The third-order valence-corrected chi connectivity index (χ3v) is 4.28. The maximum atomic E-state index is 11.8. The molecule has 0 aliphatic rings. The number of benzene rings is 2. The zero-order valence-electron chi connectivity index (χ0n) is 13.9. The molecule has 2 N–H and O–H groups in total. The van der Waals surface area contributed by atoms with E-state index in [1.165, 1.54) is 6.08 Å². The zero-order chi connectivity index (χ0) is 17.2. The molecule has 0 amide bonds. The number of hydrogen-bond donors (Lipinski definition) is 2. The molecule has 4 heteroatoms. The summed E-state index contributed by atoms with van der Waals surface area (Å²) in [6, 6.07) is 16.3. The monoisotopic (exact) mass is 330 g/mol. The second-order valence-electron chi connectivity index (χ2n) is 5.79. The first kappa shape index (κ1) is 15.3. The fourth-order valence-electron chi connectivity index (χ4n) is 3.17. The Morgan fingerprint density at radius 1 is 1.04 bits per heavy atom.